The van der Waals surface area contributed by atoms with Gasteiger partial charge in [-0.1, -0.05) is 23.2 Å². The molecule has 184 valence electrons. The van der Waals surface area contributed by atoms with Crippen molar-refractivity contribution in [2.24, 2.45) is 16.1 Å². The summed E-state index contributed by atoms with van der Waals surface area (Å²) in [5.41, 5.74) is 6.89. The monoisotopic (exact) mass is 537 g/mol. The summed E-state index contributed by atoms with van der Waals surface area (Å²) in [6.07, 6.45) is 3.45. The Labute approximate surface area is 212 Å². The van der Waals surface area contributed by atoms with E-state index in [9.17, 15) is 17.6 Å². The number of fused-ring (bicyclic) bond motifs is 1. The van der Waals surface area contributed by atoms with Crippen LogP contribution in [-0.2, 0) is 19.6 Å². The van der Waals surface area contributed by atoms with Gasteiger partial charge < -0.3 is 10.5 Å². The molecule has 1 heterocycles. The second kappa shape index (κ2) is 9.73. The van der Waals surface area contributed by atoms with Crippen LogP contribution in [0, 0.1) is 11.2 Å². The number of rotatable bonds is 4. The number of nitrogens with two attached hydrogens (primary N) is 1. The van der Waals surface area contributed by atoms with Gasteiger partial charge in [0.1, 0.15) is 11.2 Å². The van der Waals surface area contributed by atoms with Gasteiger partial charge in [-0.05, 0) is 78.7 Å². The van der Waals surface area contributed by atoms with Crippen molar-refractivity contribution in [2.45, 2.75) is 17.7 Å². The molecule has 1 fully saturated rings. The third kappa shape index (κ3) is 4.73. The number of ether oxygens (including phenoxy) is 1. The van der Waals surface area contributed by atoms with Gasteiger partial charge in [0, 0.05) is 13.1 Å². The van der Waals surface area contributed by atoms with Gasteiger partial charge in [-0.3, -0.25) is 4.79 Å². The number of nitrogens with zero attached hydrogens (tertiary/aromatic N) is 2. The largest absolute Gasteiger partial charge is 0.468 e. The number of carbonyl (C=O) groups is 1. The minimum Gasteiger partial charge on any atom is -0.468 e. The molecular weight excluding hydrogens is 516 g/mol. The van der Waals surface area contributed by atoms with Crippen molar-refractivity contribution >= 4 is 50.6 Å². The first-order chi connectivity index (χ1) is 16.6. The molecular formula is C24H22Cl2FN3O4S. The van der Waals surface area contributed by atoms with Crippen LogP contribution in [0.25, 0.3) is 0 Å². The molecule has 2 aromatic carbocycles. The molecule has 2 aliphatic rings. The SMILES string of the molecule is COC(=O)[C@]12C/C(=C/N)C(=Nc3ccc(F)cc3)C=C1CCN(S(=O)(=O)c1ccc(Cl)c(Cl)c1)C2. The molecule has 0 aromatic heterocycles. The van der Waals surface area contributed by atoms with Gasteiger partial charge in [0.15, 0.2) is 0 Å². The molecule has 7 nitrogen and oxygen atoms in total. The Morgan fingerprint density at radius 2 is 1.91 bits per heavy atom. The summed E-state index contributed by atoms with van der Waals surface area (Å²) < 4.78 is 46.5. The Hall–Kier alpha value is -2.72. The molecule has 2 aromatic rings. The molecule has 0 bridgehead atoms. The molecule has 1 atom stereocenters. The Morgan fingerprint density at radius 3 is 2.54 bits per heavy atom. The number of sulfonamides is 1. The lowest BCUT2D eigenvalue weighted by atomic mass is 9.67. The normalized spacial score (nSPS) is 23.1. The van der Waals surface area contributed by atoms with Crippen LogP contribution >= 0.6 is 23.2 Å². The summed E-state index contributed by atoms with van der Waals surface area (Å²) in [7, 11) is -2.72. The van der Waals surface area contributed by atoms with Crippen LogP contribution in [0.3, 0.4) is 0 Å². The maximum absolute atomic E-state index is 13.4. The Morgan fingerprint density at radius 1 is 1.20 bits per heavy atom. The van der Waals surface area contributed by atoms with Gasteiger partial charge in [0.05, 0.1) is 33.4 Å². The van der Waals surface area contributed by atoms with Crippen LogP contribution in [0.1, 0.15) is 12.8 Å². The standard InChI is InChI=1S/C24H22Cl2FN3O4S/c1-34-23(31)24-12-15(13-28)22(29-18-4-2-17(27)3-5-18)10-16(24)8-9-30(14-24)35(32,33)19-6-7-20(25)21(26)11-19/h2-7,10-11,13H,8-9,12,14,28H2,1H3/b15-13-,29-22?/t24-/m0/s1. The number of carbonyl (C=O) groups excluding carboxylic acids is 1. The van der Waals surface area contributed by atoms with E-state index in [0.717, 1.165) is 0 Å². The van der Waals surface area contributed by atoms with Crippen LogP contribution < -0.4 is 5.73 Å². The van der Waals surface area contributed by atoms with E-state index < -0.39 is 21.4 Å². The predicted octanol–water partition coefficient (Wildman–Crippen LogP) is 4.63. The van der Waals surface area contributed by atoms with Crippen molar-refractivity contribution < 1.29 is 22.3 Å². The summed E-state index contributed by atoms with van der Waals surface area (Å²) >= 11 is 12.0. The first-order valence-corrected chi connectivity index (χ1v) is 12.8. The molecule has 0 radical (unpaired) electrons. The number of halogens is 3. The highest BCUT2D eigenvalue weighted by atomic mass is 35.5. The maximum atomic E-state index is 13.4. The molecule has 35 heavy (non-hydrogen) atoms. The zero-order chi connectivity index (χ0) is 25.4. The van der Waals surface area contributed by atoms with Crippen molar-refractivity contribution in [3.8, 4) is 0 Å². The van der Waals surface area contributed by atoms with E-state index in [1.54, 1.807) is 6.08 Å². The average molecular weight is 538 g/mol. The third-order valence-electron chi connectivity index (χ3n) is 6.21. The van der Waals surface area contributed by atoms with Crippen molar-refractivity contribution in [3.63, 3.8) is 0 Å². The number of methoxy groups -OCH3 is 1. The van der Waals surface area contributed by atoms with E-state index in [1.165, 1.54) is 60.1 Å². The average Bonchev–Trinajstić information content (AvgIpc) is 2.85. The summed E-state index contributed by atoms with van der Waals surface area (Å²) in [6.45, 7) is -0.00604. The van der Waals surface area contributed by atoms with Crippen LogP contribution in [0.5, 0.6) is 0 Å². The molecule has 0 amide bonds. The minimum absolute atomic E-state index is 0.0247. The molecule has 1 saturated heterocycles. The Balaban J connectivity index is 1.76. The van der Waals surface area contributed by atoms with Crippen molar-refractivity contribution in [2.75, 3.05) is 20.2 Å². The van der Waals surface area contributed by atoms with E-state index in [-0.39, 0.29) is 46.7 Å². The lowest BCUT2D eigenvalue weighted by Crippen LogP contribution is -2.53. The van der Waals surface area contributed by atoms with E-state index in [0.29, 0.717) is 22.5 Å². The smallest absolute Gasteiger partial charge is 0.317 e. The highest BCUT2D eigenvalue weighted by molar-refractivity contribution is 7.89. The second-order valence-electron chi connectivity index (χ2n) is 8.25. The second-order valence-corrected chi connectivity index (χ2v) is 11.0. The van der Waals surface area contributed by atoms with Gasteiger partial charge in [0.25, 0.3) is 0 Å². The molecule has 1 aliphatic carbocycles. The fourth-order valence-electron chi connectivity index (χ4n) is 4.38. The van der Waals surface area contributed by atoms with Crippen LogP contribution in [0.4, 0.5) is 10.1 Å². The quantitative estimate of drug-likeness (QED) is 0.572. The number of hydrogen-bond donors (Lipinski definition) is 1. The fraction of sp³-hybridized carbons (Fsp3) is 0.250. The summed E-state index contributed by atoms with van der Waals surface area (Å²) in [5, 5.41) is 0.346. The first-order valence-electron chi connectivity index (χ1n) is 10.6. The molecule has 11 heteroatoms. The van der Waals surface area contributed by atoms with E-state index in [1.807, 2.05) is 0 Å². The fourth-order valence-corrected chi connectivity index (χ4v) is 6.27. The molecule has 0 saturated carbocycles. The van der Waals surface area contributed by atoms with Gasteiger partial charge in [0.2, 0.25) is 10.0 Å². The number of benzene rings is 2. The number of esters is 1. The van der Waals surface area contributed by atoms with E-state index >= 15 is 0 Å². The lowest BCUT2D eigenvalue weighted by molar-refractivity contribution is -0.151. The van der Waals surface area contributed by atoms with Gasteiger partial charge in [-0.15, -0.1) is 0 Å². The predicted molar refractivity (Wildman–Crippen MR) is 133 cm³/mol. The highest BCUT2D eigenvalue weighted by Crippen LogP contribution is 2.46. The van der Waals surface area contributed by atoms with Gasteiger partial charge >= 0.3 is 5.97 Å². The third-order valence-corrected chi connectivity index (χ3v) is 8.79. The van der Waals surface area contributed by atoms with Crippen molar-refractivity contribution in [1.82, 2.24) is 4.31 Å². The molecule has 2 N–H and O–H groups in total. The zero-order valence-corrected chi connectivity index (χ0v) is 21.0. The van der Waals surface area contributed by atoms with Crippen LogP contribution in [0.15, 0.2) is 75.8 Å². The number of piperidine rings is 1. The lowest BCUT2D eigenvalue weighted by Gasteiger charge is -2.44. The number of hydrogen-bond acceptors (Lipinski definition) is 6. The van der Waals surface area contributed by atoms with Crippen LogP contribution in [-0.4, -0.2) is 44.6 Å². The maximum Gasteiger partial charge on any atom is 0.317 e. The molecule has 4 rings (SSSR count). The Kier molecular flexibility index (Phi) is 7.06. The highest BCUT2D eigenvalue weighted by Gasteiger charge is 2.52. The minimum atomic E-state index is -3.98. The van der Waals surface area contributed by atoms with E-state index in [4.69, 9.17) is 33.7 Å². The van der Waals surface area contributed by atoms with Crippen LogP contribution in [0.2, 0.25) is 10.0 Å². The topological polar surface area (TPSA) is 102 Å². The molecule has 0 spiro atoms. The van der Waals surface area contributed by atoms with Gasteiger partial charge in [-0.2, -0.15) is 4.31 Å². The first kappa shape index (κ1) is 25.4. The molecule has 0 unspecified atom stereocenters. The number of allylic oxidation sites excluding steroid dienone is 2. The van der Waals surface area contributed by atoms with Crippen molar-refractivity contribution in [1.29, 1.82) is 0 Å². The van der Waals surface area contributed by atoms with Crippen molar-refractivity contribution in [3.05, 3.63) is 81.7 Å². The summed E-state index contributed by atoms with van der Waals surface area (Å²) in [5.74, 6) is -0.955. The van der Waals surface area contributed by atoms with E-state index in [2.05, 4.69) is 4.99 Å². The molecule has 1 aliphatic heterocycles. The Bertz CT molecular complexity index is 1370. The van der Waals surface area contributed by atoms with Gasteiger partial charge in [-0.25, -0.2) is 17.8 Å². The summed E-state index contributed by atoms with van der Waals surface area (Å²) in [6, 6.07) is 9.73. The number of aliphatic imine (C=N–C) groups is 1. The zero-order valence-electron chi connectivity index (χ0n) is 18.7. The summed E-state index contributed by atoms with van der Waals surface area (Å²) in [4.78, 5) is 17.7.